The van der Waals surface area contributed by atoms with Crippen LogP contribution in [0.3, 0.4) is 0 Å². The number of rotatable bonds is 6. The maximum absolute atomic E-state index is 11.9. The van der Waals surface area contributed by atoms with Crippen molar-refractivity contribution in [2.45, 2.75) is 13.5 Å². The van der Waals surface area contributed by atoms with Crippen LogP contribution in [0.15, 0.2) is 30.5 Å². The Kier molecular flexibility index (Phi) is 4.90. The van der Waals surface area contributed by atoms with E-state index in [-0.39, 0.29) is 30.5 Å². The summed E-state index contributed by atoms with van der Waals surface area (Å²) in [5.41, 5.74) is 0.874. The number of nitrogens with one attached hydrogen (secondary N) is 1. The van der Waals surface area contributed by atoms with Gasteiger partial charge in [0.1, 0.15) is 6.54 Å². The summed E-state index contributed by atoms with van der Waals surface area (Å²) in [6.45, 7) is 1.86. The predicted octanol–water partition coefficient (Wildman–Crippen LogP) is 1.85. The van der Waals surface area contributed by atoms with Gasteiger partial charge in [0, 0.05) is 29.0 Å². The topological polar surface area (TPSA) is 68.2 Å². The van der Waals surface area contributed by atoms with E-state index in [9.17, 15) is 13.2 Å². The van der Waals surface area contributed by atoms with Crippen LogP contribution in [0.2, 0.25) is 5.02 Å². The summed E-state index contributed by atoms with van der Waals surface area (Å²) < 4.78 is 24.5. The van der Waals surface area contributed by atoms with Crippen LogP contribution < -0.4 is 5.32 Å². The zero-order chi connectivity index (χ0) is 15.5. The monoisotopic (exact) mass is 328 g/mol. The Hall–Kier alpha value is -1.53. The Morgan fingerprint density at radius 1 is 1.33 bits per heavy atom. The molecule has 2 rings (SSSR count). The largest absolute Gasteiger partial charge is 0.354 e. The van der Waals surface area contributed by atoms with Gasteiger partial charge >= 0.3 is 0 Å². The molecule has 0 radical (unpaired) electrons. The number of aromatic nitrogens is 1. The van der Waals surface area contributed by atoms with Gasteiger partial charge in [-0.15, -0.1) is 0 Å². The van der Waals surface area contributed by atoms with Gasteiger partial charge in [-0.25, -0.2) is 8.42 Å². The Morgan fingerprint density at radius 3 is 2.81 bits per heavy atom. The van der Waals surface area contributed by atoms with E-state index in [1.165, 1.54) is 0 Å². The number of nitrogens with zero attached hydrogens (tertiary/aromatic N) is 1. The first-order valence-electron chi connectivity index (χ1n) is 6.63. The molecule has 5 nitrogen and oxygen atoms in total. The van der Waals surface area contributed by atoms with Crippen molar-refractivity contribution in [1.29, 1.82) is 0 Å². The lowest BCUT2D eigenvalue weighted by Gasteiger charge is -2.07. The average molecular weight is 329 g/mol. The molecule has 0 atom stereocenters. The van der Waals surface area contributed by atoms with Gasteiger partial charge in [-0.3, -0.25) is 4.79 Å². The van der Waals surface area contributed by atoms with Gasteiger partial charge in [0.05, 0.1) is 5.75 Å². The Morgan fingerprint density at radius 2 is 2.10 bits per heavy atom. The summed E-state index contributed by atoms with van der Waals surface area (Å²) in [4.78, 5) is 11.9. The minimum atomic E-state index is -3.06. The highest BCUT2D eigenvalue weighted by atomic mass is 35.5. The minimum Gasteiger partial charge on any atom is -0.354 e. The zero-order valence-electron chi connectivity index (χ0n) is 11.7. The van der Waals surface area contributed by atoms with Crippen LogP contribution in [0.5, 0.6) is 0 Å². The summed E-state index contributed by atoms with van der Waals surface area (Å²) in [5.74, 6) is -0.171. The van der Waals surface area contributed by atoms with E-state index in [0.717, 1.165) is 10.9 Å². The lowest BCUT2D eigenvalue weighted by molar-refractivity contribution is -0.121. The molecule has 0 aliphatic heterocycles. The second-order valence-corrected chi connectivity index (χ2v) is 7.64. The summed E-state index contributed by atoms with van der Waals surface area (Å²) in [5, 5.41) is 4.23. The number of sulfone groups is 1. The lowest BCUT2D eigenvalue weighted by atomic mass is 10.2. The maximum atomic E-state index is 11.9. The van der Waals surface area contributed by atoms with Crippen molar-refractivity contribution in [1.82, 2.24) is 9.88 Å². The molecule has 0 saturated carbocycles. The van der Waals surface area contributed by atoms with E-state index in [0.29, 0.717) is 5.02 Å². The van der Waals surface area contributed by atoms with Crippen molar-refractivity contribution in [2.24, 2.45) is 0 Å². The van der Waals surface area contributed by atoms with Crippen molar-refractivity contribution < 1.29 is 13.2 Å². The van der Waals surface area contributed by atoms with Crippen molar-refractivity contribution in [3.8, 4) is 0 Å². The van der Waals surface area contributed by atoms with E-state index in [1.54, 1.807) is 23.6 Å². The summed E-state index contributed by atoms with van der Waals surface area (Å²) in [6.07, 6.45) is 1.81. The molecule has 0 aliphatic rings. The summed E-state index contributed by atoms with van der Waals surface area (Å²) in [6, 6.07) is 7.38. The molecule has 0 aliphatic carbocycles. The van der Waals surface area contributed by atoms with Crippen LogP contribution in [0.1, 0.15) is 6.92 Å². The van der Waals surface area contributed by atoms with Crippen LogP contribution in [-0.4, -0.2) is 36.9 Å². The molecular formula is C14H17ClN2O3S. The molecular weight excluding hydrogens is 312 g/mol. The molecule has 1 aromatic carbocycles. The fourth-order valence-electron chi connectivity index (χ4n) is 2.00. The molecule has 1 N–H and O–H groups in total. The number of benzene rings is 1. The smallest absolute Gasteiger partial charge is 0.239 e. The lowest BCUT2D eigenvalue weighted by Crippen LogP contribution is -2.32. The quantitative estimate of drug-likeness (QED) is 0.880. The molecule has 0 saturated heterocycles. The van der Waals surface area contributed by atoms with Crippen LogP contribution in [-0.2, 0) is 21.2 Å². The van der Waals surface area contributed by atoms with Gasteiger partial charge in [-0.05, 0) is 23.6 Å². The van der Waals surface area contributed by atoms with Gasteiger partial charge in [0.2, 0.25) is 5.91 Å². The van der Waals surface area contributed by atoms with Crippen molar-refractivity contribution >= 4 is 38.2 Å². The third-order valence-electron chi connectivity index (χ3n) is 3.22. The number of carbonyl (C=O) groups is 1. The number of carbonyl (C=O) groups excluding carboxylic acids is 1. The predicted molar refractivity (Wildman–Crippen MR) is 84.3 cm³/mol. The zero-order valence-corrected chi connectivity index (χ0v) is 13.2. The fraction of sp³-hybridized carbons (Fsp3) is 0.357. The SMILES string of the molecule is CCS(=O)(=O)CCNC(=O)Cn1ccc2ccc(Cl)cc21. The molecule has 114 valence electrons. The highest BCUT2D eigenvalue weighted by Gasteiger charge is 2.10. The molecule has 0 fully saturated rings. The molecule has 0 bridgehead atoms. The van der Waals surface area contributed by atoms with E-state index < -0.39 is 9.84 Å². The van der Waals surface area contributed by atoms with Crippen molar-refractivity contribution in [3.05, 3.63) is 35.5 Å². The van der Waals surface area contributed by atoms with E-state index in [4.69, 9.17) is 11.6 Å². The van der Waals surface area contributed by atoms with Gasteiger partial charge in [0.25, 0.3) is 0 Å². The fourth-order valence-corrected chi connectivity index (χ4v) is 2.86. The van der Waals surface area contributed by atoms with Crippen LogP contribution >= 0.6 is 11.6 Å². The number of halogens is 1. The Bertz CT molecular complexity index is 753. The maximum Gasteiger partial charge on any atom is 0.239 e. The van der Waals surface area contributed by atoms with Crippen LogP contribution in [0.4, 0.5) is 0 Å². The molecule has 0 spiro atoms. The molecule has 2 aromatic rings. The van der Waals surface area contributed by atoms with E-state index >= 15 is 0 Å². The first-order chi connectivity index (χ1) is 9.91. The first-order valence-corrected chi connectivity index (χ1v) is 8.83. The second-order valence-electron chi connectivity index (χ2n) is 4.73. The van der Waals surface area contributed by atoms with E-state index in [1.807, 2.05) is 18.3 Å². The second kappa shape index (κ2) is 6.49. The highest BCUT2D eigenvalue weighted by Crippen LogP contribution is 2.20. The van der Waals surface area contributed by atoms with Gasteiger partial charge in [-0.1, -0.05) is 24.6 Å². The van der Waals surface area contributed by atoms with Gasteiger partial charge < -0.3 is 9.88 Å². The van der Waals surface area contributed by atoms with Gasteiger partial charge in [0.15, 0.2) is 9.84 Å². The average Bonchev–Trinajstić information content (AvgIpc) is 2.81. The summed E-state index contributed by atoms with van der Waals surface area (Å²) in [7, 11) is -3.06. The normalized spacial score (nSPS) is 11.7. The van der Waals surface area contributed by atoms with Crippen LogP contribution in [0, 0.1) is 0 Å². The van der Waals surface area contributed by atoms with Crippen molar-refractivity contribution in [3.63, 3.8) is 0 Å². The minimum absolute atomic E-state index is 0.0342. The van der Waals surface area contributed by atoms with Crippen molar-refractivity contribution in [2.75, 3.05) is 18.1 Å². The third-order valence-corrected chi connectivity index (χ3v) is 5.17. The number of hydrogen-bond acceptors (Lipinski definition) is 3. The molecule has 7 heteroatoms. The Balaban J connectivity index is 1.97. The molecule has 0 unspecified atom stereocenters. The molecule has 21 heavy (non-hydrogen) atoms. The van der Waals surface area contributed by atoms with Crippen LogP contribution in [0.25, 0.3) is 10.9 Å². The third kappa shape index (κ3) is 4.22. The highest BCUT2D eigenvalue weighted by molar-refractivity contribution is 7.91. The first kappa shape index (κ1) is 15.9. The Labute approximate surface area is 128 Å². The number of amides is 1. The number of hydrogen-bond donors (Lipinski definition) is 1. The molecule has 1 amide bonds. The van der Waals surface area contributed by atoms with E-state index in [2.05, 4.69) is 5.32 Å². The van der Waals surface area contributed by atoms with Gasteiger partial charge in [-0.2, -0.15) is 0 Å². The standard InChI is InChI=1S/C14H17ClN2O3S/c1-2-21(19,20)8-6-16-14(18)10-17-7-5-11-3-4-12(15)9-13(11)17/h3-5,7,9H,2,6,8,10H2,1H3,(H,16,18). The molecule has 1 aromatic heterocycles. The molecule has 1 heterocycles. The number of fused-ring (bicyclic) bond motifs is 1. The summed E-state index contributed by atoms with van der Waals surface area (Å²) >= 11 is 5.95.